The SMILES string of the molecule is COc1cccc(-n2c(SCC(=O)NCc3ccco3)nc3sc4c(c3c2=O)CCCC4)c1. The highest BCUT2D eigenvalue weighted by atomic mass is 32.2. The maximum absolute atomic E-state index is 13.8. The second-order valence-corrected chi connectivity index (χ2v) is 9.80. The third kappa shape index (κ3) is 4.43. The van der Waals surface area contributed by atoms with E-state index in [-0.39, 0.29) is 17.2 Å². The van der Waals surface area contributed by atoms with E-state index in [2.05, 4.69) is 5.32 Å². The number of carbonyl (C=O) groups is 1. The lowest BCUT2D eigenvalue weighted by molar-refractivity contribution is -0.118. The van der Waals surface area contributed by atoms with Crippen LogP contribution in [0.4, 0.5) is 0 Å². The number of thiophene rings is 1. The van der Waals surface area contributed by atoms with Gasteiger partial charge in [-0.25, -0.2) is 4.98 Å². The van der Waals surface area contributed by atoms with Gasteiger partial charge in [0, 0.05) is 10.9 Å². The van der Waals surface area contributed by atoms with Gasteiger partial charge in [0.05, 0.1) is 36.7 Å². The molecule has 0 radical (unpaired) electrons. The van der Waals surface area contributed by atoms with Crippen molar-refractivity contribution in [2.45, 2.75) is 37.4 Å². The van der Waals surface area contributed by atoms with E-state index < -0.39 is 0 Å². The minimum absolute atomic E-state index is 0.0915. The first-order valence-corrected chi connectivity index (χ1v) is 12.6. The topological polar surface area (TPSA) is 86.4 Å². The van der Waals surface area contributed by atoms with Crippen LogP contribution in [-0.2, 0) is 24.2 Å². The highest BCUT2D eigenvalue weighted by Gasteiger charge is 2.23. The molecule has 9 heteroatoms. The number of methoxy groups -OCH3 is 1. The number of ether oxygens (including phenoxy) is 1. The predicted octanol–water partition coefficient (Wildman–Crippen LogP) is 4.34. The molecule has 4 aromatic rings. The summed E-state index contributed by atoms with van der Waals surface area (Å²) in [6, 6.07) is 10.9. The number of benzene rings is 1. The Morgan fingerprint density at radius 1 is 1.27 bits per heavy atom. The fourth-order valence-electron chi connectivity index (χ4n) is 4.04. The van der Waals surface area contributed by atoms with E-state index in [0.29, 0.717) is 34.3 Å². The molecular weight excluding hydrogens is 458 g/mol. The Labute approximate surface area is 198 Å². The van der Waals surface area contributed by atoms with Gasteiger partial charge in [0.1, 0.15) is 16.3 Å². The highest BCUT2D eigenvalue weighted by molar-refractivity contribution is 7.99. The first kappa shape index (κ1) is 21.8. The van der Waals surface area contributed by atoms with Gasteiger partial charge < -0.3 is 14.5 Å². The van der Waals surface area contributed by atoms with E-state index in [9.17, 15) is 9.59 Å². The maximum atomic E-state index is 13.8. The molecule has 0 aliphatic heterocycles. The molecule has 0 atom stereocenters. The molecule has 0 saturated heterocycles. The van der Waals surface area contributed by atoms with E-state index in [1.165, 1.54) is 16.6 Å². The summed E-state index contributed by atoms with van der Waals surface area (Å²) in [5.74, 6) is 1.31. The molecule has 3 aromatic heterocycles. The van der Waals surface area contributed by atoms with Crippen LogP contribution in [0, 0.1) is 0 Å². The minimum atomic E-state index is -0.159. The van der Waals surface area contributed by atoms with Crippen LogP contribution in [0.5, 0.6) is 5.75 Å². The second kappa shape index (κ2) is 9.44. The molecule has 1 aliphatic rings. The number of rotatable bonds is 7. The molecule has 0 saturated carbocycles. The minimum Gasteiger partial charge on any atom is -0.497 e. The number of nitrogens with zero attached hydrogens (tertiary/aromatic N) is 2. The van der Waals surface area contributed by atoms with Crippen LogP contribution in [0.25, 0.3) is 15.9 Å². The van der Waals surface area contributed by atoms with Crippen molar-refractivity contribution < 1.29 is 13.9 Å². The normalized spacial score (nSPS) is 13.1. The number of hydrogen-bond donors (Lipinski definition) is 1. The standard InChI is InChI=1S/C24H23N3O4S2/c1-30-16-7-4-6-15(12-16)27-23(29)21-18-9-2-3-10-19(18)33-22(21)26-24(27)32-14-20(28)25-13-17-8-5-11-31-17/h4-8,11-12H,2-3,9-10,13-14H2,1H3,(H,25,28). The van der Waals surface area contributed by atoms with Crippen LogP contribution in [-0.4, -0.2) is 28.3 Å². The van der Waals surface area contributed by atoms with Crippen molar-refractivity contribution in [3.8, 4) is 11.4 Å². The highest BCUT2D eigenvalue weighted by Crippen LogP contribution is 2.35. The zero-order chi connectivity index (χ0) is 22.8. The van der Waals surface area contributed by atoms with E-state index in [4.69, 9.17) is 14.1 Å². The lowest BCUT2D eigenvalue weighted by Gasteiger charge is -2.14. The van der Waals surface area contributed by atoms with Crippen molar-refractivity contribution in [1.82, 2.24) is 14.9 Å². The van der Waals surface area contributed by atoms with Crippen LogP contribution in [0.2, 0.25) is 0 Å². The van der Waals surface area contributed by atoms with E-state index >= 15 is 0 Å². The first-order chi connectivity index (χ1) is 16.1. The van der Waals surface area contributed by atoms with E-state index in [1.54, 1.807) is 35.3 Å². The predicted molar refractivity (Wildman–Crippen MR) is 130 cm³/mol. The molecule has 7 nitrogen and oxygen atoms in total. The molecule has 0 fully saturated rings. The number of furan rings is 1. The summed E-state index contributed by atoms with van der Waals surface area (Å²) in [5, 5.41) is 4.04. The van der Waals surface area contributed by atoms with E-state index in [0.717, 1.165) is 36.1 Å². The molecule has 170 valence electrons. The average Bonchev–Trinajstić information content (AvgIpc) is 3.49. The summed E-state index contributed by atoms with van der Waals surface area (Å²) >= 11 is 2.86. The Balaban J connectivity index is 1.51. The van der Waals surface area contributed by atoms with Crippen molar-refractivity contribution in [1.29, 1.82) is 0 Å². The van der Waals surface area contributed by atoms with Crippen LogP contribution >= 0.6 is 23.1 Å². The van der Waals surface area contributed by atoms with Crippen molar-refractivity contribution in [2.24, 2.45) is 0 Å². The van der Waals surface area contributed by atoms with Crippen LogP contribution in [0.3, 0.4) is 0 Å². The van der Waals surface area contributed by atoms with Gasteiger partial charge >= 0.3 is 0 Å². The summed E-state index contributed by atoms with van der Waals surface area (Å²) in [6.45, 7) is 0.319. The molecule has 5 rings (SSSR count). The van der Waals surface area contributed by atoms with Crippen LogP contribution in [0.15, 0.2) is 57.0 Å². The summed E-state index contributed by atoms with van der Waals surface area (Å²) in [7, 11) is 1.59. The van der Waals surface area contributed by atoms with Crippen molar-refractivity contribution in [3.05, 3.63) is 69.2 Å². The van der Waals surface area contributed by atoms with Gasteiger partial charge in [-0.2, -0.15) is 0 Å². The first-order valence-electron chi connectivity index (χ1n) is 10.8. The Hall–Kier alpha value is -3.04. The smallest absolute Gasteiger partial charge is 0.267 e. The molecule has 1 aromatic carbocycles. The summed E-state index contributed by atoms with van der Waals surface area (Å²) in [6.07, 6.45) is 5.70. The molecule has 0 unspecified atom stereocenters. The van der Waals surface area contributed by atoms with Crippen molar-refractivity contribution in [2.75, 3.05) is 12.9 Å². The van der Waals surface area contributed by atoms with Gasteiger partial charge in [-0.3, -0.25) is 14.2 Å². The summed E-state index contributed by atoms with van der Waals surface area (Å²) in [4.78, 5) is 33.1. The lowest BCUT2D eigenvalue weighted by atomic mass is 9.97. The van der Waals surface area contributed by atoms with Crippen molar-refractivity contribution >= 4 is 39.2 Å². The van der Waals surface area contributed by atoms with Gasteiger partial charge in [-0.15, -0.1) is 11.3 Å². The quantitative estimate of drug-likeness (QED) is 0.312. The molecule has 1 N–H and O–H groups in total. The number of amides is 1. The van der Waals surface area contributed by atoms with Gasteiger partial charge in [0.2, 0.25) is 5.91 Å². The summed E-state index contributed by atoms with van der Waals surface area (Å²) in [5.41, 5.74) is 1.72. The Morgan fingerprint density at radius 3 is 2.97 bits per heavy atom. The molecule has 33 heavy (non-hydrogen) atoms. The zero-order valence-corrected chi connectivity index (χ0v) is 19.8. The molecular formula is C24H23N3O4S2. The number of hydrogen-bond acceptors (Lipinski definition) is 7. The number of aromatic nitrogens is 2. The number of fused-ring (bicyclic) bond motifs is 3. The Morgan fingerprint density at radius 2 is 2.15 bits per heavy atom. The number of carbonyl (C=O) groups excluding carboxylic acids is 1. The molecule has 0 bridgehead atoms. The second-order valence-electron chi connectivity index (χ2n) is 7.77. The number of aryl methyl sites for hydroxylation is 2. The molecule has 0 spiro atoms. The Kier molecular flexibility index (Phi) is 6.24. The molecule has 3 heterocycles. The van der Waals surface area contributed by atoms with E-state index in [1.807, 2.05) is 30.3 Å². The molecule has 1 aliphatic carbocycles. The summed E-state index contributed by atoms with van der Waals surface area (Å²) < 4.78 is 12.2. The number of nitrogens with one attached hydrogen (secondary N) is 1. The lowest BCUT2D eigenvalue weighted by Crippen LogP contribution is -2.26. The van der Waals surface area contributed by atoms with Gasteiger partial charge in [0.25, 0.3) is 5.56 Å². The molecule has 1 amide bonds. The third-order valence-corrected chi connectivity index (χ3v) is 7.77. The fourth-order valence-corrected chi connectivity index (χ4v) is 6.19. The van der Waals surface area contributed by atoms with Gasteiger partial charge in [-0.1, -0.05) is 17.8 Å². The van der Waals surface area contributed by atoms with Crippen molar-refractivity contribution in [3.63, 3.8) is 0 Å². The van der Waals surface area contributed by atoms with Crippen LogP contribution in [0.1, 0.15) is 29.0 Å². The zero-order valence-electron chi connectivity index (χ0n) is 18.1. The average molecular weight is 482 g/mol. The van der Waals surface area contributed by atoms with Gasteiger partial charge in [0.15, 0.2) is 5.16 Å². The Bertz CT molecular complexity index is 1360. The third-order valence-electron chi connectivity index (χ3n) is 5.64. The van der Waals surface area contributed by atoms with Gasteiger partial charge in [-0.05, 0) is 55.5 Å². The fraction of sp³-hybridized carbons (Fsp3) is 0.292. The maximum Gasteiger partial charge on any atom is 0.267 e. The number of thioether (sulfide) groups is 1. The van der Waals surface area contributed by atoms with Crippen LogP contribution < -0.4 is 15.6 Å². The monoisotopic (exact) mass is 481 g/mol. The largest absolute Gasteiger partial charge is 0.497 e.